The number of anilines is 1. The van der Waals surface area contributed by atoms with E-state index in [0.29, 0.717) is 17.4 Å². The van der Waals surface area contributed by atoms with Crippen molar-refractivity contribution < 1.29 is 4.79 Å². The van der Waals surface area contributed by atoms with Gasteiger partial charge in [-0.15, -0.1) is 0 Å². The summed E-state index contributed by atoms with van der Waals surface area (Å²) in [6.07, 6.45) is 0. The number of hydrogen-bond donors (Lipinski definition) is 1. The number of rotatable bonds is 4. The van der Waals surface area contributed by atoms with Crippen LogP contribution in [0.1, 0.15) is 16.1 Å². The van der Waals surface area contributed by atoms with Crippen molar-refractivity contribution in [3.63, 3.8) is 0 Å². The molecular formula is C22H23ClN4O. The molecule has 1 amide bonds. The number of carbonyl (C=O) groups is 1. The molecule has 1 aromatic heterocycles. The van der Waals surface area contributed by atoms with Crippen LogP contribution in [-0.2, 0) is 6.54 Å². The molecule has 144 valence electrons. The standard InChI is InChI=1S/C22H23ClN4O/c1-26-10-12-27(13-11-26)20-9-5-3-7-17(20)15-24-22(28)19-14-16-6-2-4-8-18(16)21(23)25-19/h2-9,14H,10-13,15H2,1H3,(H,24,28). The minimum Gasteiger partial charge on any atom is -0.369 e. The minimum atomic E-state index is -0.221. The zero-order chi connectivity index (χ0) is 19.5. The van der Waals surface area contributed by atoms with E-state index in [9.17, 15) is 4.79 Å². The number of halogens is 1. The molecule has 0 radical (unpaired) electrons. The Bertz CT molecular complexity index is 999. The molecule has 6 heteroatoms. The number of carbonyl (C=O) groups excluding carboxylic acids is 1. The zero-order valence-electron chi connectivity index (χ0n) is 15.9. The smallest absolute Gasteiger partial charge is 0.270 e. The maximum Gasteiger partial charge on any atom is 0.270 e. The average molecular weight is 395 g/mol. The Morgan fingerprint density at radius 2 is 1.79 bits per heavy atom. The molecule has 1 aliphatic rings. The number of fused-ring (bicyclic) bond motifs is 1. The van der Waals surface area contributed by atoms with Crippen molar-refractivity contribution in [1.82, 2.24) is 15.2 Å². The monoisotopic (exact) mass is 394 g/mol. The normalized spacial score (nSPS) is 15.0. The second-order valence-corrected chi connectivity index (χ2v) is 7.48. The minimum absolute atomic E-state index is 0.221. The van der Waals surface area contributed by atoms with Gasteiger partial charge in [-0.3, -0.25) is 4.79 Å². The van der Waals surface area contributed by atoms with Crippen molar-refractivity contribution >= 4 is 34.0 Å². The van der Waals surface area contributed by atoms with Crippen molar-refractivity contribution in [2.24, 2.45) is 0 Å². The molecule has 2 heterocycles. The first-order valence-corrected chi connectivity index (χ1v) is 9.84. The number of nitrogens with zero attached hydrogens (tertiary/aromatic N) is 3. The van der Waals surface area contributed by atoms with Crippen LogP contribution in [0.4, 0.5) is 5.69 Å². The van der Waals surface area contributed by atoms with Crippen LogP contribution < -0.4 is 10.2 Å². The van der Waals surface area contributed by atoms with Crippen LogP contribution in [0.3, 0.4) is 0 Å². The number of amides is 1. The molecule has 1 saturated heterocycles. The molecule has 1 fully saturated rings. The quantitative estimate of drug-likeness (QED) is 0.687. The molecule has 0 bridgehead atoms. The molecule has 0 atom stereocenters. The summed E-state index contributed by atoms with van der Waals surface area (Å²) in [4.78, 5) is 21.7. The first kappa shape index (κ1) is 18.7. The Hall–Kier alpha value is -2.63. The lowest BCUT2D eigenvalue weighted by atomic mass is 10.1. The summed E-state index contributed by atoms with van der Waals surface area (Å²) in [7, 11) is 2.14. The van der Waals surface area contributed by atoms with Crippen LogP contribution in [0.5, 0.6) is 0 Å². The van der Waals surface area contributed by atoms with Crippen molar-refractivity contribution in [1.29, 1.82) is 0 Å². The van der Waals surface area contributed by atoms with Gasteiger partial charge < -0.3 is 15.1 Å². The number of nitrogens with one attached hydrogen (secondary N) is 1. The summed E-state index contributed by atoms with van der Waals surface area (Å²) in [5.41, 5.74) is 2.62. The van der Waals surface area contributed by atoms with Gasteiger partial charge in [0.1, 0.15) is 10.8 Å². The first-order valence-electron chi connectivity index (χ1n) is 9.47. The van der Waals surface area contributed by atoms with Crippen LogP contribution in [-0.4, -0.2) is 49.0 Å². The van der Waals surface area contributed by atoms with Gasteiger partial charge in [0, 0.05) is 43.8 Å². The van der Waals surface area contributed by atoms with Crippen LogP contribution in [0, 0.1) is 0 Å². The molecule has 5 nitrogen and oxygen atoms in total. The summed E-state index contributed by atoms with van der Waals surface area (Å²) in [6.45, 7) is 4.51. The van der Waals surface area contributed by atoms with Gasteiger partial charge in [0.05, 0.1) is 0 Å². The third-order valence-corrected chi connectivity index (χ3v) is 5.49. The van der Waals surface area contributed by atoms with Gasteiger partial charge in [-0.1, -0.05) is 54.1 Å². The van der Waals surface area contributed by atoms with Gasteiger partial charge in [0.25, 0.3) is 5.91 Å². The summed E-state index contributed by atoms with van der Waals surface area (Å²) in [5.74, 6) is -0.221. The van der Waals surface area contributed by atoms with Crippen LogP contribution in [0.2, 0.25) is 5.15 Å². The SMILES string of the molecule is CN1CCN(c2ccccc2CNC(=O)c2cc3ccccc3c(Cl)n2)CC1. The number of hydrogen-bond acceptors (Lipinski definition) is 4. The number of aromatic nitrogens is 1. The lowest BCUT2D eigenvalue weighted by Gasteiger charge is -2.35. The van der Waals surface area contributed by atoms with Crippen molar-refractivity contribution in [2.45, 2.75) is 6.54 Å². The van der Waals surface area contributed by atoms with E-state index in [1.807, 2.05) is 36.4 Å². The molecule has 0 unspecified atom stereocenters. The molecule has 2 aromatic carbocycles. The Morgan fingerprint density at radius 1 is 1.07 bits per heavy atom. The molecule has 3 aromatic rings. The van der Waals surface area contributed by atoms with Crippen molar-refractivity contribution in [2.75, 3.05) is 38.1 Å². The highest BCUT2D eigenvalue weighted by molar-refractivity contribution is 6.34. The molecule has 0 saturated carbocycles. The third-order valence-electron chi connectivity index (χ3n) is 5.20. The average Bonchev–Trinajstić information content (AvgIpc) is 2.73. The highest BCUT2D eigenvalue weighted by Gasteiger charge is 2.17. The molecule has 1 N–H and O–H groups in total. The van der Waals surface area contributed by atoms with E-state index < -0.39 is 0 Å². The maximum atomic E-state index is 12.7. The van der Waals surface area contributed by atoms with E-state index in [2.05, 4.69) is 39.3 Å². The third kappa shape index (κ3) is 3.96. The predicted octanol–water partition coefficient (Wildman–Crippen LogP) is 3.57. The fourth-order valence-corrected chi connectivity index (χ4v) is 3.82. The Morgan fingerprint density at radius 3 is 2.61 bits per heavy atom. The van der Waals surface area contributed by atoms with Crippen LogP contribution in [0.25, 0.3) is 10.8 Å². The lowest BCUT2D eigenvalue weighted by Crippen LogP contribution is -2.45. The molecule has 0 spiro atoms. The molecule has 0 aliphatic carbocycles. The van der Waals surface area contributed by atoms with Gasteiger partial charge in [-0.2, -0.15) is 0 Å². The molecule has 4 rings (SSSR count). The van der Waals surface area contributed by atoms with Gasteiger partial charge in [-0.25, -0.2) is 4.98 Å². The topological polar surface area (TPSA) is 48.5 Å². The van der Waals surface area contributed by atoms with Gasteiger partial charge in [-0.05, 0) is 30.1 Å². The summed E-state index contributed by atoms with van der Waals surface area (Å²) in [6, 6.07) is 17.7. The number of benzene rings is 2. The van der Waals surface area contributed by atoms with Gasteiger partial charge >= 0.3 is 0 Å². The zero-order valence-corrected chi connectivity index (χ0v) is 16.6. The van der Waals surface area contributed by atoms with Crippen LogP contribution >= 0.6 is 11.6 Å². The Kier molecular flexibility index (Phi) is 5.46. The van der Waals surface area contributed by atoms with E-state index in [0.717, 1.165) is 42.5 Å². The van der Waals surface area contributed by atoms with Gasteiger partial charge in [0.2, 0.25) is 0 Å². The molecular weight excluding hydrogens is 372 g/mol. The van der Waals surface area contributed by atoms with Gasteiger partial charge in [0.15, 0.2) is 0 Å². The second-order valence-electron chi connectivity index (χ2n) is 7.12. The van der Waals surface area contributed by atoms with E-state index in [1.54, 1.807) is 6.07 Å². The summed E-state index contributed by atoms with van der Waals surface area (Å²) < 4.78 is 0. The van der Waals surface area contributed by atoms with E-state index in [4.69, 9.17) is 11.6 Å². The number of piperazine rings is 1. The molecule has 1 aliphatic heterocycles. The highest BCUT2D eigenvalue weighted by atomic mass is 35.5. The second kappa shape index (κ2) is 8.17. The van der Waals surface area contributed by atoms with Crippen LogP contribution in [0.15, 0.2) is 54.6 Å². The summed E-state index contributed by atoms with van der Waals surface area (Å²) >= 11 is 6.26. The maximum absolute atomic E-state index is 12.7. The lowest BCUT2D eigenvalue weighted by molar-refractivity contribution is 0.0946. The first-order chi connectivity index (χ1) is 13.6. The van der Waals surface area contributed by atoms with E-state index >= 15 is 0 Å². The molecule has 28 heavy (non-hydrogen) atoms. The Balaban J connectivity index is 1.50. The fraction of sp³-hybridized carbons (Fsp3) is 0.273. The van der Waals surface area contributed by atoms with E-state index in [1.165, 1.54) is 5.69 Å². The van der Waals surface area contributed by atoms with Crippen molar-refractivity contribution in [3.8, 4) is 0 Å². The van der Waals surface area contributed by atoms with E-state index in [-0.39, 0.29) is 5.91 Å². The Labute approximate surface area is 169 Å². The fourth-order valence-electron chi connectivity index (χ4n) is 3.55. The summed E-state index contributed by atoms with van der Waals surface area (Å²) in [5, 5.41) is 5.10. The largest absolute Gasteiger partial charge is 0.369 e. The number of likely N-dealkylation sites (N-methyl/N-ethyl adjacent to an activating group) is 1. The number of pyridine rings is 1. The number of para-hydroxylation sites is 1. The van der Waals surface area contributed by atoms with Crippen molar-refractivity contribution in [3.05, 3.63) is 71.0 Å². The predicted molar refractivity (Wildman–Crippen MR) is 114 cm³/mol. The highest BCUT2D eigenvalue weighted by Crippen LogP contribution is 2.23.